The normalized spacial score (nSPS) is 14.9. The summed E-state index contributed by atoms with van der Waals surface area (Å²) in [5.74, 6) is -0.294. The lowest BCUT2D eigenvalue weighted by atomic mass is 10.0. The van der Waals surface area contributed by atoms with Crippen LogP contribution in [0.25, 0.3) is 0 Å². The minimum atomic E-state index is -0.299. The number of carbonyl (C=O) groups is 1. The van der Waals surface area contributed by atoms with Crippen molar-refractivity contribution in [2.75, 3.05) is 20.3 Å². The molecule has 1 N–H and O–H groups in total. The Bertz CT molecular complexity index is 164. The van der Waals surface area contributed by atoms with E-state index in [0.717, 1.165) is 6.42 Å². The predicted octanol–water partition coefficient (Wildman–Crippen LogP) is 1.52. The number of alkyl halides is 1. The summed E-state index contributed by atoms with van der Waals surface area (Å²) in [6.07, 6.45) is 1.25. The number of hydrogen-bond donors (Lipinski definition) is 1. The van der Waals surface area contributed by atoms with Gasteiger partial charge in [0.1, 0.15) is 0 Å². The number of ether oxygens (including phenoxy) is 1. The molecule has 0 aromatic carbocycles. The molecule has 0 aliphatic carbocycles. The average Bonchev–Trinajstić information content (AvgIpc) is 2.16. The van der Waals surface area contributed by atoms with Crippen molar-refractivity contribution in [2.45, 2.75) is 32.7 Å². The molecule has 0 radical (unpaired) electrons. The van der Waals surface area contributed by atoms with Crippen LogP contribution in [-0.4, -0.2) is 32.3 Å². The van der Waals surface area contributed by atoms with Gasteiger partial charge in [0, 0.05) is 6.04 Å². The standard InChI is InChI=1S/C10H20FNO2/c1-8(10(13)14-3)7-9(2)12-6-4-5-11/h8-9,12H,4-7H2,1-3H3. The monoisotopic (exact) mass is 205 g/mol. The highest BCUT2D eigenvalue weighted by molar-refractivity contribution is 5.71. The Kier molecular flexibility index (Phi) is 7.38. The van der Waals surface area contributed by atoms with Crippen molar-refractivity contribution in [2.24, 2.45) is 5.92 Å². The molecule has 0 aromatic heterocycles. The topological polar surface area (TPSA) is 38.3 Å². The molecule has 0 bridgehead atoms. The Morgan fingerprint density at radius 1 is 1.50 bits per heavy atom. The summed E-state index contributed by atoms with van der Waals surface area (Å²) in [6.45, 7) is 4.18. The van der Waals surface area contributed by atoms with Crippen molar-refractivity contribution in [1.82, 2.24) is 5.32 Å². The lowest BCUT2D eigenvalue weighted by molar-refractivity contribution is -0.145. The highest BCUT2D eigenvalue weighted by Gasteiger charge is 2.15. The molecule has 14 heavy (non-hydrogen) atoms. The minimum Gasteiger partial charge on any atom is -0.469 e. The van der Waals surface area contributed by atoms with Crippen molar-refractivity contribution in [3.8, 4) is 0 Å². The quantitative estimate of drug-likeness (QED) is 0.506. The number of esters is 1. The zero-order valence-corrected chi connectivity index (χ0v) is 9.18. The van der Waals surface area contributed by atoms with Crippen molar-refractivity contribution < 1.29 is 13.9 Å². The summed E-state index contributed by atoms with van der Waals surface area (Å²) >= 11 is 0. The summed E-state index contributed by atoms with van der Waals surface area (Å²) in [4.78, 5) is 11.1. The SMILES string of the molecule is COC(=O)C(C)CC(C)NCCCF. The van der Waals surface area contributed by atoms with Crippen LogP contribution in [-0.2, 0) is 9.53 Å². The first-order valence-electron chi connectivity index (χ1n) is 4.99. The lowest BCUT2D eigenvalue weighted by Gasteiger charge is -2.16. The summed E-state index contributed by atoms with van der Waals surface area (Å²) < 4.78 is 16.4. The molecule has 0 heterocycles. The van der Waals surface area contributed by atoms with Gasteiger partial charge < -0.3 is 10.1 Å². The van der Waals surface area contributed by atoms with Gasteiger partial charge in [-0.15, -0.1) is 0 Å². The second-order valence-corrected chi connectivity index (χ2v) is 3.56. The van der Waals surface area contributed by atoms with Crippen LogP contribution < -0.4 is 5.32 Å². The minimum absolute atomic E-state index is 0.104. The van der Waals surface area contributed by atoms with Gasteiger partial charge >= 0.3 is 5.97 Å². The van der Waals surface area contributed by atoms with Crippen LogP contribution in [0.2, 0.25) is 0 Å². The van der Waals surface area contributed by atoms with E-state index in [1.165, 1.54) is 7.11 Å². The second-order valence-electron chi connectivity index (χ2n) is 3.56. The fraction of sp³-hybridized carbons (Fsp3) is 0.900. The maximum Gasteiger partial charge on any atom is 0.308 e. The van der Waals surface area contributed by atoms with Gasteiger partial charge in [0.15, 0.2) is 0 Å². The molecule has 0 spiro atoms. The molecule has 3 nitrogen and oxygen atoms in total. The molecule has 84 valence electrons. The van der Waals surface area contributed by atoms with Crippen LogP contribution in [0.1, 0.15) is 26.7 Å². The third kappa shape index (κ3) is 5.91. The van der Waals surface area contributed by atoms with Gasteiger partial charge in [-0.05, 0) is 26.3 Å². The fourth-order valence-corrected chi connectivity index (χ4v) is 1.33. The molecule has 0 saturated carbocycles. The van der Waals surface area contributed by atoms with E-state index in [1.807, 2.05) is 13.8 Å². The molecule has 2 unspecified atom stereocenters. The Hall–Kier alpha value is -0.640. The van der Waals surface area contributed by atoms with Crippen LogP contribution in [0.3, 0.4) is 0 Å². The first-order chi connectivity index (χ1) is 6.61. The van der Waals surface area contributed by atoms with E-state index in [2.05, 4.69) is 10.1 Å². The summed E-state index contributed by atoms with van der Waals surface area (Å²) in [5.41, 5.74) is 0. The maximum atomic E-state index is 11.8. The zero-order chi connectivity index (χ0) is 11.0. The Morgan fingerprint density at radius 3 is 2.64 bits per heavy atom. The number of halogens is 1. The highest BCUT2D eigenvalue weighted by Crippen LogP contribution is 2.07. The number of methoxy groups -OCH3 is 1. The summed E-state index contributed by atoms with van der Waals surface area (Å²) in [5, 5.41) is 3.15. The molecule has 0 aromatic rings. The molecule has 4 heteroatoms. The first-order valence-corrected chi connectivity index (χ1v) is 4.99. The Labute approximate surface area is 85.0 Å². The van der Waals surface area contributed by atoms with E-state index in [-0.39, 0.29) is 24.6 Å². The Balaban J connectivity index is 3.59. The summed E-state index contributed by atoms with van der Waals surface area (Å²) in [7, 11) is 1.39. The average molecular weight is 205 g/mol. The van der Waals surface area contributed by atoms with Crippen molar-refractivity contribution in [1.29, 1.82) is 0 Å². The van der Waals surface area contributed by atoms with Gasteiger partial charge in [-0.2, -0.15) is 0 Å². The third-order valence-corrected chi connectivity index (χ3v) is 2.11. The molecule has 0 rings (SSSR count). The fourth-order valence-electron chi connectivity index (χ4n) is 1.33. The van der Waals surface area contributed by atoms with E-state index in [4.69, 9.17) is 0 Å². The first kappa shape index (κ1) is 13.4. The van der Waals surface area contributed by atoms with Gasteiger partial charge in [0.25, 0.3) is 0 Å². The molecule has 0 aliphatic rings. The van der Waals surface area contributed by atoms with E-state index in [9.17, 15) is 9.18 Å². The van der Waals surface area contributed by atoms with Gasteiger partial charge in [0.05, 0.1) is 19.7 Å². The van der Waals surface area contributed by atoms with Crippen LogP contribution >= 0.6 is 0 Å². The number of rotatable bonds is 7. The number of carbonyl (C=O) groups excluding carboxylic acids is 1. The predicted molar refractivity (Wildman–Crippen MR) is 53.9 cm³/mol. The third-order valence-electron chi connectivity index (χ3n) is 2.11. The Morgan fingerprint density at radius 2 is 2.14 bits per heavy atom. The van der Waals surface area contributed by atoms with E-state index in [0.29, 0.717) is 13.0 Å². The van der Waals surface area contributed by atoms with E-state index in [1.54, 1.807) is 0 Å². The van der Waals surface area contributed by atoms with E-state index < -0.39 is 0 Å². The van der Waals surface area contributed by atoms with Gasteiger partial charge in [-0.3, -0.25) is 9.18 Å². The van der Waals surface area contributed by atoms with Gasteiger partial charge in [-0.1, -0.05) is 6.92 Å². The molecule has 0 fully saturated rings. The van der Waals surface area contributed by atoms with Crippen molar-refractivity contribution in [3.05, 3.63) is 0 Å². The highest BCUT2D eigenvalue weighted by atomic mass is 19.1. The van der Waals surface area contributed by atoms with Crippen LogP contribution in [0.5, 0.6) is 0 Å². The molecular weight excluding hydrogens is 185 g/mol. The number of nitrogens with one attached hydrogen (secondary N) is 1. The molecular formula is C10H20FNO2. The van der Waals surface area contributed by atoms with Gasteiger partial charge in [-0.25, -0.2) is 0 Å². The maximum absolute atomic E-state index is 11.8. The van der Waals surface area contributed by atoms with E-state index >= 15 is 0 Å². The zero-order valence-electron chi connectivity index (χ0n) is 9.18. The lowest BCUT2D eigenvalue weighted by Crippen LogP contribution is -2.31. The molecule has 0 aliphatic heterocycles. The smallest absolute Gasteiger partial charge is 0.308 e. The van der Waals surface area contributed by atoms with Gasteiger partial charge in [0.2, 0.25) is 0 Å². The van der Waals surface area contributed by atoms with Crippen LogP contribution in [0.4, 0.5) is 4.39 Å². The molecule has 0 amide bonds. The largest absolute Gasteiger partial charge is 0.469 e. The van der Waals surface area contributed by atoms with Crippen LogP contribution in [0.15, 0.2) is 0 Å². The number of hydrogen-bond acceptors (Lipinski definition) is 3. The van der Waals surface area contributed by atoms with Crippen LogP contribution in [0, 0.1) is 5.92 Å². The second kappa shape index (κ2) is 7.74. The molecule has 0 saturated heterocycles. The van der Waals surface area contributed by atoms with Crippen molar-refractivity contribution in [3.63, 3.8) is 0 Å². The van der Waals surface area contributed by atoms with Crippen molar-refractivity contribution >= 4 is 5.97 Å². The molecule has 2 atom stereocenters. The summed E-state index contributed by atoms with van der Waals surface area (Å²) in [6, 6.07) is 0.218.